The Balaban J connectivity index is 2.30. The number of nitrogens with zero attached hydrogens (tertiary/aromatic N) is 1. The van der Waals surface area contributed by atoms with Crippen LogP contribution in [-0.2, 0) is 0 Å². The van der Waals surface area contributed by atoms with Crippen LogP contribution in [0.25, 0.3) is 0 Å². The predicted octanol–water partition coefficient (Wildman–Crippen LogP) is 2.29. The molecule has 1 aromatic rings. The van der Waals surface area contributed by atoms with Gasteiger partial charge in [-0.05, 0) is 38.3 Å². The van der Waals surface area contributed by atoms with Crippen LogP contribution in [0.3, 0.4) is 0 Å². The van der Waals surface area contributed by atoms with Gasteiger partial charge in [0.05, 0.1) is 0 Å². The Morgan fingerprint density at radius 1 is 1.46 bits per heavy atom. The summed E-state index contributed by atoms with van der Waals surface area (Å²) >= 11 is 0. The van der Waals surface area contributed by atoms with Crippen molar-refractivity contribution < 1.29 is 4.79 Å². The molecule has 68 valence electrons. The van der Waals surface area contributed by atoms with Gasteiger partial charge >= 0.3 is 0 Å². The minimum Gasteiger partial charge on any atom is -0.294 e. The molecule has 2 nitrogen and oxygen atoms in total. The molecule has 13 heavy (non-hydrogen) atoms. The van der Waals surface area contributed by atoms with E-state index < -0.39 is 0 Å². The SMILES string of the molecule is Cc1cc(C(=O)C2CC2)cnc1C. The fourth-order valence-electron chi connectivity index (χ4n) is 1.36. The Bertz CT molecular complexity index is 353. The lowest BCUT2D eigenvalue weighted by molar-refractivity contribution is 0.0967. The Morgan fingerprint density at radius 3 is 2.69 bits per heavy atom. The van der Waals surface area contributed by atoms with Crippen molar-refractivity contribution in [2.24, 2.45) is 5.92 Å². The van der Waals surface area contributed by atoms with E-state index in [0.29, 0.717) is 5.92 Å². The number of carbonyl (C=O) groups excluding carboxylic acids is 1. The molecule has 0 radical (unpaired) electrons. The van der Waals surface area contributed by atoms with E-state index in [1.165, 1.54) is 0 Å². The van der Waals surface area contributed by atoms with Crippen molar-refractivity contribution in [1.29, 1.82) is 0 Å². The van der Waals surface area contributed by atoms with Crippen molar-refractivity contribution >= 4 is 5.78 Å². The van der Waals surface area contributed by atoms with Gasteiger partial charge in [-0.25, -0.2) is 0 Å². The first-order chi connectivity index (χ1) is 6.18. The Labute approximate surface area is 78.0 Å². The zero-order chi connectivity index (χ0) is 9.42. The number of ketones is 1. The van der Waals surface area contributed by atoms with E-state index in [-0.39, 0.29) is 5.78 Å². The Hall–Kier alpha value is -1.18. The summed E-state index contributed by atoms with van der Waals surface area (Å²) in [5, 5.41) is 0. The standard InChI is InChI=1S/C11H13NO/c1-7-5-10(6-12-8(7)2)11(13)9-3-4-9/h5-6,9H,3-4H2,1-2H3. The van der Waals surface area contributed by atoms with Gasteiger partial charge in [0.2, 0.25) is 0 Å². The summed E-state index contributed by atoms with van der Waals surface area (Å²) in [6.07, 6.45) is 3.82. The number of hydrogen-bond acceptors (Lipinski definition) is 2. The van der Waals surface area contributed by atoms with Crippen molar-refractivity contribution in [3.63, 3.8) is 0 Å². The average Bonchev–Trinajstić information content (AvgIpc) is 2.91. The second kappa shape index (κ2) is 2.95. The fourth-order valence-corrected chi connectivity index (χ4v) is 1.36. The highest BCUT2D eigenvalue weighted by Gasteiger charge is 2.30. The summed E-state index contributed by atoms with van der Waals surface area (Å²) in [6.45, 7) is 3.95. The van der Waals surface area contributed by atoms with E-state index >= 15 is 0 Å². The molecule has 0 bridgehead atoms. The molecule has 0 amide bonds. The number of aryl methyl sites for hydroxylation is 2. The number of hydrogen-bond donors (Lipinski definition) is 0. The third-order valence-electron chi connectivity index (χ3n) is 2.57. The van der Waals surface area contributed by atoms with Gasteiger partial charge < -0.3 is 0 Å². The second-order valence-corrected chi connectivity index (χ2v) is 3.76. The monoisotopic (exact) mass is 175 g/mol. The van der Waals surface area contributed by atoms with Crippen LogP contribution in [0.15, 0.2) is 12.3 Å². The lowest BCUT2D eigenvalue weighted by Crippen LogP contribution is -2.03. The molecule has 0 atom stereocenters. The highest BCUT2D eigenvalue weighted by molar-refractivity contribution is 5.99. The quantitative estimate of drug-likeness (QED) is 0.645. The van der Waals surface area contributed by atoms with Gasteiger partial charge in [0.15, 0.2) is 5.78 Å². The second-order valence-electron chi connectivity index (χ2n) is 3.76. The van der Waals surface area contributed by atoms with Gasteiger partial charge in [0, 0.05) is 23.4 Å². The molecule has 0 saturated heterocycles. The number of pyridine rings is 1. The van der Waals surface area contributed by atoms with Crippen LogP contribution in [0.5, 0.6) is 0 Å². The maximum Gasteiger partial charge on any atom is 0.167 e. The molecule has 0 aromatic carbocycles. The highest BCUT2D eigenvalue weighted by Crippen LogP contribution is 2.32. The van der Waals surface area contributed by atoms with Gasteiger partial charge in [-0.15, -0.1) is 0 Å². The maximum absolute atomic E-state index is 11.6. The molecule has 0 unspecified atom stereocenters. The van der Waals surface area contributed by atoms with Crippen LogP contribution in [0, 0.1) is 19.8 Å². The molecule has 1 saturated carbocycles. The van der Waals surface area contributed by atoms with E-state index in [2.05, 4.69) is 4.98 Å². The Morgan fingerprint density at radius 2 is 2.15 bits per heavy atom. The van der Waals surface area contributed by atoms with Crippen molar-refractivity contribution in [3.05, 3.63) is 29.1 Å². The summed E-state index contributed by atoms with van der Waals surface area (Å²) in [5.41, 5.74) is 2.89. The maximum atomic E-state index is 11.6. The molecule has 1 aliphatic carbocycles. The molecule has 0 N–H and O–H groups in total. The number of carbonyl (C=O) groups is 1. The van der Waals surface area contributed by atoms with E-state index in [4.69, 9.17) is 0 Å². The van der Waals surface area contributed by atoms with Crippen molar-refractivity contribution in [1.82, 2.24) is 4.98 Å². The number of Topliss-reactive ketones (excluding diaryl/α,β-unsaturated/α-hetero) is 1. The molecule has 2 heteroatoms. The van der Waals surface area contributed by atoms with E-state index in [1.54, 1.807) is 6.20 Å². The first-order valence-corrected chi connectivity index (χ1v) is 4.66. The molecular formula is C11H13NO. The van der Waals surface area contributed by atoms with Crippen molar-refractivity contribution in [2.75, 3.05) is 0 Å². The third-order valence-corrected chi connectivity index (χ3v) is 2.57. The first kappa shape index (κ1) is 8.42. The molecule has 1 fully saturated rings. The van der Waals surface area contributed by atoms with E-state index in [9.17, 15) is 4.79 Å². The molecule has 1 heterocycles. The van der Waals surface area contributed by atoms with Crippen LogP contribution in [0.4, 0.5) is 0 Å². The Kier molecular flexibility index (Phi) is 1.91. The van der Waals surface area contributed by atoms with Gasteiger partial charge in [-0.2, -0.15) is 0 Å². The van der Waals surface area contributed by atoms with E-state index in [0.717, 1.165) is 29.7 Å². The molecule has 0 spiro atoms. The zero-order valence-corrected chi connectivity index (χ0v) is 8.00. The smallest absolute Gasteiger partial charge is 0.167 e. The molecule has 2 rings (SSSR count). The molecule has 1 aromatic heterocycles. The van der Waals surface area contributed by atoms with Crippen LogP contribution < -0.4 is 0 Å². The normalized spacial score (nSPS) is 15.8. The topological polar surface area (TPSA) is 30.0 Å². The minimum absolute atomic E-state index is 0.274. The van der Waals surface area contributed by atoms with Gasteiger partial charge in [-0.3, -0.25) is 9.78 Å². The largest absolute Gasteiger partial charge is 0.294 e. The third kappa shape index (κ3) is 1.62. The average molecular weight is 175 g/mol. The zero-order valence-electron chi connectivity index (χ0n) is 8.00. The minimum atomic E-state index is 0.274. The lowest BCUT2D eigenvalue weighted by Gasteiger charge is -2.02. The first-order valence-electron chi connectivity index (χ1n) is 4.66. The van der Waals surface area contributed by atoms with Crippen molar-refractivity contribution in [2.45, 2.75) is 26.7 Å². The van der Waals surface area contributed by atoms with Gasteiger partial charge in [0.25, 0.3) is 0 Å². The molecule has 0 aliphatic heterocycles. The highest BCUT2D eigenvalue weighted by atomic mass is 16.1. The summed E-state index contributed by atoms with van der Waals surface area (Å²) < 4.78 is 0. The summed E-state index contributed by atoms with van der Waals surface area (Å²) in [4.78, 5) is 15.8. The summed E-state index contributed by atoms with van der Waals surface area (Å²) in [6, 6.07) is 1.95. The molecule has 1 aliphatic rings. The number of aromatic nitrogens is 1. The number of rotatable bonds is 2. The van der Waals surface area contributed by atoms with Gasteiger partial charge in [-0.1, -0.05) is 0 Å². The fraction of sp³-hybridized carbons (Fsp3) is 0.455. The van der Waals surface area contributed by atoms with Crippen molar-refractivity contribution in [3.8, 4) is 0 Å². The molecular weight excluding hydrogens is 162 g/mol. The van der Waals surface area contributed by atoms with Crippen LogP contribution in [0.2, 0.25) is 0 Å². The summed E-state index contributed by atoms with van der Waals surface area (Å²) in [5.74, 6) is 0.569. The lowest BCUT2D eigenvalue weighted by atomic mass is 10.1. The van der Waals surface area contributed by atoms with Gasteiger partial charge in [0.1, 0.15) is 0 Å². The van der Waals surface area contributed by atoms with Crippen LogP contribution in [0.1, 0.15) is 34.5 Å². The van der Waals surface area contributed by atoms with Crippen LogP contribution in [-0.4, -0.2) is 10.8 Å². The van der Waals surface area contributed by atoms with Crippen LogP contribution >= 0.6 is 0 Å². The predicted molar refractivity (Wildman–Crippen MR) is 50.8 cm³/mol. The summed E-state index contributed by atoms with van der Waals surface area (Å²) in [7, 11) is 0. The van der Waals surface area contributed by atoms with E-state index in [1.807, 2.05) is 19.9 Å².